The lowest BCUT2D eigenvalue weighted by molar-refractivity contribution is -0.122. The van der Waals surface area contributed by atoms with Crippen molar-refractivity contribution in [3.05, 3.63) is 64.7 Å². The van der Waals surface area contributed by atoms with Crippen molar-refractivity contribution < 1.29 is 9.59 Å². The first-order valence-corrected chi connectivity index (χ1v) is 11.1. The van der Waals surface area contributed by atoms with Gasteiger partial charge in [-0.1, -0.05) is 42.8 Å². The summed E-state index contributed by atoms with van der Waals surface area (Å²) in [6, 6.07) is 15.2. The monoisotopic (exact) mass is 427 g/mol. The number of fused-ring (bicyclic) bond motifs is 1. The highest BCUT2D eigenvalue weighted by Crippen LogP contribution is 2.29. The minimum Gasteiger partial charge on any atom is -0.349 e. The number of nitrogens with zero attached hydrogens (tertiary/aromatic N) is 1. The smallest absolute Gasteiger partial charge is 0.322 e. The van der Waals surface area contributed by atoms with Gasteiger partial charge < -0.3 is 15.5 Å². The fourth-order valence-corrected chi connectivity index (χ4v) is 3.99. The van der Waals surface area contributed by atoms with Crippen LogP contribution in [-0.2, 0) is 11.2 Å². The van der Waals surface area contributed by atoms with Gasteiger partial charge in [-0.05, 0) is 68.0 Å². The molecule has 3 amide bonds. The van der Waals surface area contributed by atoms with E-state index in [0.717, 1.165) is 25.7 Å². The zero-order valence-electron chi connectivity index (χ0n) is 17.7. The van der Waals surface area contributed by atoms with E-state index in [0.29, 0.717) is 17.3 Å². The van der Waals surface area contributed by atoms with Crippen molar-refractivity contribution in [3.63, 3.8) is 0 Å². The second-order valence-corrected chi connectivity index (χ2v) is 8.29. The SMILES string of the molecule is CC[C@H](C)N(CCC(=O)N[C@H]1CCCc2ccccc21)C(=O)Nc1ccc(Cl)cc1. The Balaban J connectivity index is 1.58. The molecular formula is C24H30ClN3O2. The van der Waals surface area contributed by atoms with E-state index in [-0.39, 0.29) is 30.4 Å². The van der Waals surface area contributed by atoms with Crippen molar-refractivity contribution in [1.29, 1.82) is 0 Å². The molecule has 2 N–H and O–H groups in total. The van der Waals surface area contributed by atoms with E-state index in [1.165, 1.54) is 11.1 Å². The van der Waals surface area contributed by atoms with E-state index >= 15 is 0 Å². The predicted octanol–water partition coefficient (Wildman–Crippen LogP) is 5.56. The Morgan fingerprint density at radius 1 is 1.17 bits per heavy atom. The topological polar surface area (TPSA) is 61.4 Å². The molecule has 3 rings (SSSR count). The highest BCUT2D eigenvalue weighted by molar-refractivity contribution is 6.30. The molecule has 0 radical (unpaired) electrons. The second kappa shape index (κ2) is 10.5. The molecule has 1 aliphatic rings. The van der Waals surface area contributed by atoms with Gasteiger partial charge in [-0.2, -0.15) is 0 Å². The third-order valence-electron chi connectivity index (χ3n) is 5.76. The van der Waals surface area contributed by atoms with Crippen LogP contribution in [0.2, 0.25) is 5.02 Å². The summed E-state index contributed by atoms with van der Waals surface area (Å²) < 4.78 is 0. The minimum absolute atomic E-state index is 0.0238. The minimum atomic E-state index is -0.206. The van der Waals surface area contributed by atoms with E-state index in [1.807, 2.05) is 26.0 Å². The molecule has 6 heteroatoms. The lowest BCUT2D eigenvalue weighted by Gasteiger charge is -2.30. The summed E-state index contributed by atoms with van der Waals surface area (Å²) in [5.74, 6) is -0.0238. The van der Waals surface area contributed by atoms with Gasteiger partial charge in [0.1, 0.15) is 0 Å². The van der Waals surface area contributed by atoms with Gasteiger partial charge in [-0.25, -0.2) is 4.79 Å². The molecule has 0 saturated carbocycles. The van der Waals surface area contributed by atoms with Gasteiger partial charge in [0, 0.05) is 29.7 Å². The van der Waals surface area contributed by atoms with Gasteiger partial charge in [0.25, 0.3) is 0 Å². The van der Waals surface area contributed by atoms with Crippen LogP contribution in [0.25, 0.3) is 0 Å². The summed E-state index contributed by atoms with van der Waals surface area (Å²) in [5, 5.41) is 6.69. The number of amides is 3. The van der Waals surface area contributed by atoms with Gasteiger partial charge in [-0.3, -0.25) is 4.79 Å². The molecule has 0 bridgehead atoms. The van der Waals surface area contributed by atoms with Crippen LogP contribution in [0.3, 0.4) is 0 Å². The zero-order valence-corrected chi connectivity index (χ0v) is 18.4. The van der Waals surface area contributed by atoms with Crippen LogP contribution in [0.1, 0.15) is 56.7 Å². The van der Waals surface area contributed by atoms with E-state index in [9.17, 15) is 9.59 Å². The van der Waals surface area contributed by atoms with Crippen LogP contribution < -0.4 is 10.6 Å². The zero-order chi connectivity index (χ0) is 21.5. The average molecular weight is 428 g/mol. The van der Waals surface area contributed by atoms with E-state index in [4.69, 9.17) is 11.6 Å². The van der Waals surface area contributed by atoms with Crippen molar-refractivity contribution >= 4 is 29.2 Å². The molecular weight excluding hydrogens is 398 g/mol. The summed E-state index contributed by atoms with van der Waals surface area (Å²) in [6.07, 6.45) is 4.18. The van der Waals surface area contributed by atoms with Crippen molar-refractivity contribution in [2.24, 2.45) is 0 Å². The summed E-state index contributed by atoms with van der Waals surface area (Å²) in [6.45, 7) is 4.40. The van der Waals surface area contributed by atoms with Gasteiger partial charge in [0.2, 0.25) is 5.91 Å². The molecule has 0 aliphatic heterocycles. The molecule has 0 fully saturated rings. The Morgan fingerprint density at radius 2 is 1.90 bits per heavy atom. The van der Waals surface area contributed by atoms with Gasteiger partial charge in [0.15, 0.2) is 0 Å². The quantitative estimate of drug-likeness (QED) is 0.607. The molecule has 0 heterocycles. The lowest BCUT2D eigenvalue weighted by Crippen LogP contribution is -2.43. The number of hydrogen-bond donors (Lipinski definition) is 2. The largest absolute Gasteiger partial charge is 0.349 e. The van der Waals surface area contributed by atoms with Crippen LogP contribution in [0, 0.1) is 0 Å². The van der Waals surface area contributed by atoms with E-state index < -0.39 is 0 Å². The summed E-state index contributed by atoms with van der Waals surface area (Å²) >= 11 is 5.91. The Bertz CT molecular complexity index is 869. The Kier molecular flexibility index (Phi) is 7.75. The van der Waals surface area contributed by atoms with Crippen molar-refractivity contribution in [1.82, 2.24) is 10.2 Å². The number of nitrogens with one attached hydrogen (secondary N) is 2. The Hall–Kier alpha value is -2.53. The van der Waals surface area contributed by atoms with Crippen LogP contribution in [-0.4, -0.2) is 29.4 Å². The summed E-state index contributed by atoms with van der Waals surface area (Å²) in [4.78, 5) is 27.2. The standard InChI is InChI=1S/C24H30ClN3O2/c1-3-17(2)28(24(30)26-20-13-11-19(25)12-14-20)16-15-23(29)27-22-10-6-8-18-7-4-5-9-21(18)22/h4-5,7,9,11-14,17,22H,3,6,8,10,15-16H2,1-2H3,(H,26,30)(H,27,29)/t17-,22-/m0/s1. The van der Waals surface area contributed by atoms with E-state index in [2.05, 4.69) is 22.8 Å². The molecule has 0 saturated heterocycles. The first kappa shape index (κ1) is 22.2. The first-order chi connectivity index (χ1) is 14.5. The summed E-state index contributed by atoms with van der Waals surface area (Å²) in [7, 11) is 0. The lowest BCUT2D eigenvalue weighted by atomic mass is 9.87. The highest BCUT2D eigenvalue weighted by atomic mass is 35.5. The molecule has 30 heavy (non-hydrogen) atoms. The van der Waals surface area contributed by atoms with Crippen LogP contribution in [0.15, 0.2) is 48.5 Å². The molecule has 5 nitrogen and oxygen atoms in total. The Morgan fingerprint density at radius 3 is 2.63 bits per heavy atom. The normalized spacial score (nSPS) is 16.3. The molecule has 2 aromatic carbocycles. The molecule has 0 spiro atoms. The number of aryl methyl sites for hydroxylation is 1. The van der Waals surface area contributed by atoms with Crippen molar-refractivity contribution in [2.75, 3.05) is 11.9 Å². The van der Waals surface area contributed by atoms with Gasteiger partial charge in [-0.15, -0.1) is 0 Å². The van der Waals surface area contributed by atoms with E-state index in [1.54, 1.807) is 29.2 Å². The number of anilines is 1. The second-order valence-electron chi connectivity index (χ2n) is 7.85. The first-order valence-electron chi connectivity index (χ1n) is 10.7. The average Bonchev–Trinajstić information content (AvgIpc) is 2.75. The molecule has 2 aromatic rings. The number of urea groups is 1. The fraction of sp³-hybridized carbons (Fsp3) is 0.417. The number of rotatable bonds is 7. The van der Waals surface area contributed by atoms with Crippen LogP contribution in [0.4, 0.5) is 10.5 Å². The molecule has 0 unspecified atom stereocenters. The maximum atomic E-state index is 12.8. The number of hydrogen-bond acceptors (Lipinski definition) is 2. The maximum absolute atomic E-state index is 12.8. The summed E-state index contributed by atoms with van der Waals surface area (Å²) in [5.41, 5.74) is 3.22. The number of benzene rings is 2. The highest BCUT2D eigenvalue weighted by Gasteiger charge is 2.23. The molecule has 1 aliphatic carbocycles. The number of halogens is 1. The predicted molar refractivity (Wildman–Crippen MR) is 122 cm³/mol. The third kappa shape index (κ3) is 5.76. The maximum Gasteiger partial charge on any atom is 0.322 e. The van der Waals surface area contributed by atoms with Crippen LogP contribution >= 0.6 is 11.6 Å². The van der Waals surface area contributed by atoms with Crippen molar-refractivity contribution in [3.8, 4) is 0 Å². The molecule has 2 atom stereocenters. The van der Waals surface area contributed by atoms with Crippen LogP contribution in [0.5, 0.6) is 0 Å². The molecule has 0 aromatic heterocycles. The number of carbonyl (C=O) groups excluding carboxylic acids is 2. The Labute approximate surface area is 183 Å². The molecule has 160 valence electrons. The third-order valence-corrected chi connectivity index (χ3v) is 6.02. The van der Waals surface area contributed by atoms with Gasteiger partial charge in [0.05, 0.1) is 6.04 Å². The van der Waals surface area contributed by atoms with Gasteiger partial charge >= 0.3 is 6.03 Å². The fourth-order valence-electron chi connectivity index (χ4n) is 3.86. The van der Waals surface area contributed by atoms with Crippen molar-refractivity contribution in [2.45, 2.75) is 58.0 Å². The number of carbonyl (C=O) groups is 2.